The summed E-state index contributed by atoms with van der Waals surface area (Å²) in [6, 6.07) is 0. The van der Waals surface area contributed by atoms with Crippen molar-refractivity contribution in [3.63, 3.8) is 0 Å². The number of rotatable bonds is 41. The van der Waals surface area contributed by atoms with Crippen LogP contribution in [0.2, 0.25) is 0 Å². The molecule has 1 rings (SSSR count). The van der Waals surface area contributed by atoms with E-state index in [9.17, 15) is 33.1 Å². The van der Waals surface area contributed by atoms with Crippen molar-refractivity contribution >= 4 is 16.4 Å². The molecule has 6 unspecified atom stereocenters. The van der Waals surface area contributed by atoms with Gasteiger partial charge in [-0.1, -0.05) is 162 Å². The highest BCUT2D eigenvalue weighted by molar-refractivity contribution is 7.80. The Kier molecular flexibility index (Phi) is 39.7. The summed E-state index contributed by atoms with van der Waals surface area (Å²) in [5, 5.41) is 30.7. The number of hydrogen-bond donors (Lipinski definition) is 4. The molecule has 1 heterocycles. The second-order valence-electron chi connectivity index (χ2n) is 16.3. The zero-order valence-electron chi connectivity index (χ0n) is 40.2. The number of aliphatic hydroxyl groups is 3. The minimum atomic E-state index is -5.08. The van der Waals surface area contributed by atoms with Gasteiger partial charge in [0, 0.05) is 13.0 Å². The molecule has 1 saturated heterocycles. The second-order valence-corrected chi connectivity index (χ2v) is 17.3. The molecule has 0 aromatic rings. The molecule has 1 aliphatic rings. The van der Waals surface area contributed by atoms with Crippen LogP contribution in [0, 0.1) is 0 Å². The minimum absolute atomic E-state index is 0.00123. The molecular weight excluding hydrogens is 861 g/mol. The van der Waals surface area contributed by atoms with E-state index in [-0.39, 0.29) is 19.6 Å². The van der Waals surface area contributed by atoms with Crippen molar-refractivity contribution in [3.05, 3.63) is 109 Å². The summed E-state index contributed by atoms with van der Waals surface area (Å²) in [4.78, 5) is 12.9. The van der Waals surface area contributed by atoms with E-state index in [4.69, 9.17) is 18.9 Å². The molecule has 12 nitrogen and oxygen atoms in total. The maximum atomic E-state index is 12.9. The van der Waals surface area contributed by atoms with Crippen LogP contribution >= 0.6 is 0 Å². The van der Waals surface area contributed by atoms with Crippen molar-refractivity contribution < 1.29 is 56.2 Å². The molecule has 0 radical (unpaired) electrons. The van der Waals surface area contributed by atoms with Gasteiger partial charge in [-0.05, 0) is 96.3 Å². The average Bonchev–Trinajstić information content (AvgIpc) is 3.29. The largest absolute Gasteiger partial charge is 0.457 e. The molecule has 6 atom stereocenters. The third-order valence-electron chi connectivity index (χ3n) is 10.4. The van der Waals surface area contributed by atoms with Gasteiger partial charge in [-0.15, -0.1) is 0 Å². The fourth-order valence-corrected chi connectivity index (χ4v) is 7.26. The third kappa shape index (κ3) is 35.9. The van der Waals surface area contributed by atoms with Crippen molar-refractivity contribution in [2.24, 2.45) is 0 Å². The smallest absolute Gasteiger partial charge is 0.397 e. The van der Waals surface area contributed by atoms with Gasteiger partial charge in [0.05, 0.1) is 19.8 Å². The van der Waals surface area contributed by atoms with E-state index in [0.29, 0.717) is 13.0 Å². The van der Waals surface area contributed by atoms with Crippen molar-refractivity contribution in [1.82, 2.24) is 0 Å². The zero-order chi connectivity index (χ0) is 48.2. The molecule has 0 aromatic carbocycles. The number of carbonyl (C=O) groups is 1. The first-order valence-corrected chi connectivity index (χ1v) is 26.0. The number of allylic oxidation sites excluding steroid dienone is 18. The second kappa shape index (κ2) is 43.1. The van der Waals surface area contributed by atoms with Crippen LogP contribution in [0.3, 0.4) is 0 Å². The lowest BCUT2D eigenvalue weighted by atomic mass is 9.99. The topological polar surface area (TPSA) is 178 Å². The van der Waals surface area contributed by atoms with Crippen LogP contribution in [0.25, 0.3) is 0 Å². The molecule has 13 heteroatoms. The van der Waals surface area contributed by atoms with Crippen molar-refractivity contribution in [3.8, 4) is 0 Å². The number of hydrogen-bond acceptors (Lipinski definition) is 11. The highest BCUT2D eigenvalue weighted by Gasteiger charge is 2.48. The van der Waals surface area contributed by atoms with E-state index in [0.717, 1.165) is 116 Å². The fraction of sp³-hybridized carbons (Fsp3) is 0.642. The first-order valence-electron chi connectivity index (χ1n) is 24.6. The highest BCUT2D eigenvalue weighted by atomic mass is 32.3. The predicted molar refractivity (Wildman–Crippen MR) is 266 cm³/mol. The molecule has 1 fully saturated rings. The zero-order valence-corrected chi connectivity index (χ0v) is 41.0. The Bertz CT molecular complexity index is 1560. The maximum absolute atomic E-state index is 12.9. The van der Waals surface area contributed by atoms with Crippen molar-refractivity contribution in [1.29, 1.82) is 0 Å². The lowest BCUT2D eigenvalue weighted by molar-refractivity contribution is -0.301. The number of ether oxygens (including phenoxy) is 4. The molecule has 0 spiro atoms. The molecule has 1 aliphatic heterocycles. The average molecular weight is 947 g/mol. The standard InChI is InChI=1S/C53H86O12S/c1-3-5-7-9-11-13-15-17-19-21-22-23-24-25-27-29-31-33-35-37-39-41-43-61-45-47(46-62-53-51(57)52(65-66(58,59)60)50(56)48(44-54)64-53)63-49(55)42-40-38-36-34-32-30-28-26-20-18-16-14-12-10-8-6-4-2/h5-8,11-14,17-20,22-23,25,27,31,33,47-48,50-54,56-57H,3-4,9-10,15-16,21,24,26,28-30,32,34-46H2,1-2H3,(H,58,59,60)/b7-5-,8-6-,13-11-,14-12-,19-17-,20-18-,23-22-,27-25-,33-31-. The number of carbonyl (C=O) groups excluding carboxylic acids is 1. The molecular formula is C53H86O12S. The van der Waals surface area contributed by atoms with Gasteiger partial charge in [0.2, 0.25) is 0 Å². The van der Waals surface area contributed by atoms with Crippen LogP contribution < -0.4 is 0 Å². The lowest BCUT2D eigenvalue weighted by Crippen LogP contribution is -2.60. The normalized spacial score (nSPS) is 20.5. The molecule has 4 N–H and O–H groups in total. The van der Waals surface area contributed by atoms with Gasteiger partial charge in [-0.25, -0.2) is 4.18 Å². The van der Waals surface area contributed by atoms with Gasteiger partial charge >= 0.3 is 16.4 Å². The minimum Gasteiger partial charge on any atom is -0.457 e. The Morgan fingerprint density at radius 1 is 0.576 bits per heavy atom. The Balaban J connectivity index is 2.43. The predicted octanol–water partition coefficient (Wildman–Crippen LogP) is 11.2. The van der Waals surface area contributed by atoms with Gasteiger partial charge in [-0.3, -0.25) is 9.35 Å². The van der Waals surface area contributed by atoms with Gasteiger partial charge in [0.25, 0.3) is 0 Å². The molecule has 0 saturated carbocycles. The van der Waals surface area contributed by atoms with Gasteiger partial charge in [0.1, 0.15) is 30.5 Å². The maximum Gasteiger partial charge on any atom is 0.397 e. The van der Waals surface area contributed by atoms with Gasteiger partial charge in [0.15, 0.2) is 6.29 Å². The van der Waals surface area contributed by atoms with E-state index >= 15 is 0 Å². The molecule has 0 bridgehead atoms. The van der Waals surface area contributed by atoms with Crippen molar-refractivity contribution in [2.75, 3.05) is 26.4 Å². The number of unbranched alkanes of at least 4 members (excludes halogenated alkanes) is 10. The molecule has 0 aliphatic carbocycles. The first-order chi connectivity index (χ1) is 32.1. The Morgan fingerprint density at radius 3 is 1.45 bits per heavy atom. The van der Waals surface area contributed by atoms with E-state index in [1.165, 1.54) is 12.8 Å². The van der Waals surface area contributed by atoms with E-state index < -0.39 is 59.8 Å². The summed E-state index contributed by atoms with van der Waals surface area (Å²) in [6.45, 7) is 3.65. The van der Waals surface area contributed by atoms with Crippen molar-refractivity contribution in [2.45, 2.75) is 192 Å². The molecule has 0 amide bonds. The van der Waals surface area contributed by atoms with Gasteiger partial charge in [-0.2, -0.15) is 8.42 Å². The lowest BCUT2D eigenvalue weighted by Gasteiger charge is -2.41. The quantitative estimate of drug-likeness (QED) is 0.0198. The van der Waals surface area contributed by atoms with E-state index in [1.54, 1.807) is 0 Å². The summed E-state index contributed by atoms with van der Waals surface area (Å²) in [5.41, 5.74) is 0. The molecule has 66 heavy (non-hydrogen) atoms. The molecule has 376 valence electrons. The summed E-state index contributed by atoms with van der Waals surface area (Å²) < 4.78 is 59.1. The fourth-order valence-electron chi connectivity index (χ4n) is 6.75. The summed E-state index contributed by atoms with van der Waals surface area (Å²) in [6.07, 6.45) is 51.2. The van der Waals surface area contributed by atoms with Crippen LogP contribution in [0.15, 0.2) is 109 Å². The summed E-state index contributed by atoms with van der Waals surface area (Å²) in [7, 11) is -5.08. The third-order valence-corrected chi connectivity index (χ3v) is 10.9. The number of aliphatic hydroxyl groups excluding tert-OH is 3. The van der Waals surface area contributed by atoms with Crippen LogP contribution in [-0.4, -0.2) is 97.5 Å². The van der Waals surface area contributed by atoms with Crippen LogP contribution in [0.5, 0.6) is 0 Å². The first kappa shape index (κ1) is 60.8. The van der Waals surface area contributed by atoms with E-state index in [2.05, 4.69) is 127 Å². The van der Waals surface area contributed by atoms with Crippen LogP contribution in [0.4, 0.5) is 0 Å². The van der Waals surface area contributed by atoms with Crippen LogP contribution in [-0.2, 0) is 38.3 Å². The highest BCUT2D eigenvalue weighted by Crippen LogP contribution is 2.26. The van der Waals surface area contributed by atoms with E-state index in [1.807, 2.05) is 0 Å². The number of esters is 1. The SMILES string of the molecule is CC/C=C\C/C=C\C/C=C\C/C=C\C/C=C\C/C=C\CCCCCOCC(COC1OC(CO)C(O)C(OS(=O)(=O)O)C1O)OC(=O)CCCCCCCCC/C=C\C/C=C\C/C=C\CC. The molecule has 0 aromatic heterocycles. The van der Waals surface area contributed by atoms with Crippen LogP contribution in [0.1, 0.15) is 155 Å². The Morgan fingerprint density at radius 2 is 1.00 bits per heavy atom. The van der Waals surface area contributed by atoms with Gasteiger partial charge < -0.3 is 34.3 Å². The monoisotopic (exact) mass is 947 g/mol. The Hall–Kier alpha value is -3.24. The Labute approximate surface area is 398 Å². The summed E-state index contributed by atoms with van der Waals surface area (Å²) in [5.74, 6) is -0.427. The summed E-state index contributed by atoms with van der Waals surface area (Å²) >= 11 is 0.